The maximum atomic E-state index is 13.2. The molecule has 1 aliphatic rings. The van der Waals surface area contributed by atoms with E-state index in [-0.39, 0.29) is 17.9 Å². The summed E-state index contributed by atoms with van der Waals surface area (Å²) in [5.74, 6) is 0.790. The third-order valence-electron chi connectivity index (χ3n) is 6.56. The molecule has 1 fully saturated rings. The van der Waals surface area contributed by atoms with Crippen LogP contribution in [0.25, 0.3) is 11.4 Å². The van der Waals surface area contributed by atoms with Crippen LogP contribution in [0.15, 0.2) is 42.5 Å². The Morgan fingerprint density at radius 3 is 2.75 bits per heavy atom. The average molecular weight is 496 g/mol. The van der Waals surface area contributed by atoms with Crippen LogP contribution in [0.1, 0.15) is 37.3 Å². The molecule has 36 heavy (non-hydrogen) atoms. The lowest BCUT2D eigenvalue weighted by Crippen LogP contribution is -2.47. The number of nitrogens with zero attached hydrogens (tertiary/aromatic N) is 5. The molecule has 2 aromatic carbocycles. The number of aliphatic hydroxyl groups excluding tert-OH is 1. The zero-order valence-electron chi connectivity index (χ0n) is 21.0. The van der Waals surface area contributed by atoms with Crippen molar-refractivity contribution in [3.8, 4) is 11.4 Å². The normalized spacial score (nSPS) is 18.0. The summed E-state index contributed by atoms with van der Waals surface area (Å²) in [5.41, 5.74) is 3.52. The van der Waals surface area contributed by atoms with Crippen LogP contribution in [0.3, 0.4) is 0 Å². The number of hydrogen-bond acceptors (Lipinski definition) is 6. The number of piperidine rings is 1. The van der Waals surface area contributed by atoms with Crippen molar-refractivity contribution in [3.63, 3.8) is 0 Å². The molecule has 0 radical (unpaired) electrons. The van der Waals surface area contributed by atoms with Crippen molar-refractivity contribution < 1.29 is 14.3 Å². The van der Waals surface area contributed by atoms with Gasteiger partial charge in [-0.2, -0.15) is 0 Å². The van der Waals surface area contributed by atoms with E-state index in [1.165, 1.54) is 12.1 Å². The molecule has 1 aromatic heterocycles. The number of likely N-dealkylation sites (tertiary alicyclic amines) is 1. The number of aryl methyl sites for hydroxylation is 2. The van der Waals surface area contributed by atoms with Crippen LogP contribution in [0.2, 0.25) is 0 Å². The standard InChI is InChI=1S/C26H34FN7O2/c1-17-11-21(25-30-31-32-33(25)3)15-23(12-17)29-26(36)28-18(2)13-24(35)34-10-4-5-20(16-34)14-19-6-8-22(27)9-7-19/h6-9,11-12,15,18,20,24,35H,4-5,10,13-14,16H2,1-3H3,(H2,28,29,36)/t18-,20+,24-/m1/s1. The number of carbonyl (C=O) groups excluding carboxylic acids is 1. The van der Waals surface area contributed by atoms with Gasteiger partial charge in [0.1, 0.15) is 12.0 Å². The van der Waals surface area contributed by atoms with Crippen LogP contribution in [0.5, 0.6) is 0 Å². The molecule has 9 nitrogen and oxygen atoms in total. The predicted octanol–water partition coefficient (Wildman–Crippen LogP) is 3.50. The number of anilines is 1. The molecule has 0 unspecified atom stereocenters. The molecule has 0 bridgehead atoms. The van der Waals surface area contributed by atoms with Gasteiger partial charge in [0.2, 0.25) is 0 Å². The molecular formula is C26H34FN7O2. The summed E-state index contributed by atoms with van der Waals surface area (Å²) in [4.78, 5) is 14.7. The summed E-state index contributed by atoms with van der Waals surface area (Å²) in [5, 5.41) is 28.2. The molecule has 1 saturated heterocycles. The number of amides is 2. The van der Waals surface area contributed by atoms with Gasteiger partial charge < -0.3 is 15.7 Å². The first-order valence-corrected chi connectivity index (χ1v) is 12.4. The highest BCUT2D eigenvalue weighted by Gasteiger charge is 2.26. The van der Waals surface area contributed by atoms with Crippen molar-refractivity contribution in [1.29, 1.82) is 0 Å². The Kier molecular flexibility index (Phi) is 8.27. The molecule has 3 atom stereocenters. The van der Waals surface area contributed by atoms with Crippen LogP contribution in [-0.2, 0) is 13.5 Å². The molecule has 1 aliphatic heterocycles. The molecule has 0 aliphatic carbocycles. The fourth-order valence-corrected chi connectivity index (χ4v) is 4.86. The Bertz CT molecular complexity index is 1170. The van der Waals surface area contributed by atoms with Crippen LogP contribution < -0.4 is 10.6 Å². The molecule has 0 saturated carbocycles. The first-order chi connectivity index (χ1) is 17.3. The van der Waals surface area contributed by atoms with Gasteiger partial charge in [0, 0.05) is 43.9 Å². The molecule has 3 aromatic rings. The lowest BCUT2D eigenvalue weighted by molar-refractivity contribution is -0.0306. The minimum atomic E-state index is -0.648. The summed E-state index contributed by atoms with van der Waals surface area (Å²) in [6, 6.07) is 11.7. The van der Waals surface area contributed by atoms with E-state index in [9.17, 15) is 14.3 Å². The second-order valence-electron chi connectivity index (χ2n) is 9.76. The highest BCUT2D eigenvalue weighted by Crippen LogP contribution is 2.24. The van der Waals surface area contributed by atoms with E-state index in [1.807, 2.05) is 44.2 Å². The van der Waals surface area contributed by atoms with Crippen molar-refractivity contribution in [3.05, 3.63) is 59.4 Å². The molecular weight excluding hydrogens is 461 g/mol. The number of benzene rings is 2. The quantitative estimate of drug-likeness (QED) is 0.442. The smallest absolute Gasteiger partial charge is 0.319 e. The molecule has 4 rings (SSSR count). The minimum Gasteiger partial charge on any atom is -0.378 e. The Balaban J connectivity index is 1.28. The Morgan fingerprint density at radius 2 is 2.03 bits per heavy atom. The Morgan fingerprint density at radius 1 is 1.25 bits per heavy atom. The fraction of sp³-hybridized carbons (Fsp3) is 0.462. The molecule has 2 heterocycles. The van der Waals surface area contributed by atoms with Crippen molar-refractivity contribution in [2.45, 2.75) is 51.8 Å². The lowest BCUT2D eigenvalue weighted by Gasteiger charge is -2.37. The number of urea groups is 1. The van der Waals surface area contributed by atoms with E-state index in [1.54, 1.807) is 11.7 Å². The van der Waals surface area contributed by atoms with E-state index in [0.717, 1.165) is 49.0 Å². The van der Waals surface area contributed by atoms with Crippen LogP contribution in [0, 0.1) is 18.7 Å². The zero-order valence-corrected chi connectivity index (χ0v) is 21.0. The zero-order chi connectivity index (χ0) is 25.7. The number of rotatable bonds is 8. The van der Waals surface area contributed by atoms with E-state index in [0.29, 0.717) is 23.9 Å². The van der Waals surface area contributed by atoms with Gasteiger partial charge in [-0.3, -0.25) is 4.90 Å². The minimum absolute atomic E-state index is 0.226. The maximum absolute atomic E-state index is 13.2. The van der Waals surface area contributed by atoms with Crippen molar-refractivity contribution in [2.24, 2.45) is 13.0 Å². The van der Waals surface area contributed by atoms with E-state index in [2.05, 4.69) is 31.1 Å². The Hall–Kier alpha value is -3.37. The topological polar surface area (TPSA) is 108 Å². The highest BCUT2D eigenvalue weighted by molar-refractivity contribution is 5.90. The van der Waals surface area contributed by atoms with Crippen molar-refractivity contribution in [1.82, 2.24) is 30.4 Å². The number of tetrazole rings is 1. The van der Waals surface area contributed by atoms with Crippen molar-refractivity contribution in [2.75, 3.05) is 18.4 Å². The van der Waals surface area contributed by atoms with Crippen LogP contribution >= 0.6 is 0 Å². The predicted molar refractivity (Wildman–Crippen MR) is 136 cm³/mol. The SMILES string of the molecule is Cc1cc(NC(=O)N[C@H](C)C[C@@H](O)N2CCC[C@@H](Cc3ccc(F)cc3)C2)cc(-c2nnnn2C)c1. The molecule has 10 heteroatoms. The van der Waals surface area contributed by atoms with Gasteiger partial charge in [0.25, 0.3) is 0 Å². The molecule has 0 spiro atoms. The van der Waals surface area contributed by atoms with Gasteiger partial charge in [0.05, 0.1) is 0 Å². The van der Waals surface area contributed by atoms with Gasteiger partial charge in [-0.05, 0) is 90.9 Å². The maximum Gasteiger partial charge on any atom is 0.319 e. The number of hydrogen-bond donors (Lipinski definition) is 3. The van der Waals surface area contributed by atoms with E-state index < -0.39 is 6.23 Å². The first-order valence-electron chi connectivity index (χ1n) is 12.4. The van der Waals surface area contributed by atoms with Gasteiger partial charge in [-0.1, -0.05) is 12.1 Å². The largest absolute Gasteiger partial charge is 0.378 e. The number of aromatic nitrogens is 4. The number of carbonyl (C=O) groups is 1. The third kappa shape index (κ3) is 6.86. The monoisotopic (exact) mass is 495 g/mol. The summed E-state index contributed by atoms with van der Waals surface area (Å²) in [6.07, 6.45) is 2.72. The lowest BCUT2D eigenvalue weighted by atomic mass is 9.91. The number of nitrogens with one attached hydrogen (secondary N) is 2. The molecule has 192 valence electrons. The van der Waals surface area contributed by atoms with Gasteiger partial charge in [-0.25, -0.2) is 13.9 Å². The summed E-state index contributed by atoms with van der Waals surface area (Å²) in [6.45, 7) is 5.43. The van der Waals surface area contributed by atoms with Crippen LogP contribution in [0.4, 0.5) is 14.9 Å². The highest BCUT2D eigenvalue weighted by atomic mass is 19.1. The van der Waals surface area contributed by atoms with E-state index in [4.69, 9.17) is 0 Å². The third-order valence-corrected chi connectivity index (χ3v) is 6.56. The van der Waals surface area contributed by atoms with Crippen molar-refractivity contribution >= 4 is 11.7 Å². The van der Waals surface area contributed by atoms with Gasteiger partial charge in [-0.15, -0.1) is 5.10 Å². The first kappa shape index (κ1) is 25.7. The van der Waals surface area contributed by atoms with E-state index >= 15 is 0 Å². The molecule has 3 N–H and O–H groups in total. The number of halogens is 1. The number of aliphatic hydroxyl groups is 1. The Labute approximate surface area is 210 Å². The average Bonchev–Trinajstić information content (AvgIpc) is 3.26. The van der Waals surface area contributed by atoms with Gasteiger partial charge >= 0.3 is 6.03 Å². The van der Waals surface area contributed by atoms with Gasteiger partial charge in [0.15, 0.2) is 5.82 Å². The summed E-state index contributed by atoms with van der Waals surface area (Å²) >= 11 is 0. The van der Waals surface area contributed by atoms with Crippen LogP contribution in [-0.4, -0.2) is 61.6 Å². The summed E-state index contributed by atoms with van der Waals surface area (Å²) in [7, 11) is 1.76. The second kappa shape index (κ2) is 11.6. The summed E-state index contributed by atoms with van der Waals surface area (Å²) < 4.78 is 14.8. The second-order valence-corrected chi connectivity index (χ2v) is 9.76. The molecule has 2 amide bonds. The fourth-order valence-electron chi connectivity index (χ4n) is 4.86.